The highest BCUT2D eigenvalue weighted by atomic mass is 35.5. The van der Waals surface area contributed by atoms with Crippen molar-refractivity contribution in [1.29, 1.82) is 0 Å². The fraction of sp³-hybridized carbons (Fsp3) is 0.462. The summed E-state index contributed by atoms with van der Waals surface area (Å²) < 4.78 is 4.90. The van der Waals surface area contributed by atoms with Crippen molar-refractivity contribution in [3.05, 3.63) is 33.8 Å². The van der Waals surface area contributed by atoms with Gasteiger partial charge in [-0.25, -0.2) is 0 Å². The Morgan fingerprint density at radius 2 is 2.05 bits per heavy atom. The molecule has 0 aliphatic heterocycles. The molecular weight excluding hydrogens is 287 g/mol. The Labute approximate surface area is 123 Å². The van der Waals surface area contributed by atoms with E-state index < -0.39 is 0 Å². The molecular formula is C13H18Cl2N2O2. The number of nitrogens with one attached hydrogen (secondary N) is 2. The average Bonchev–Trinajstić information content (AvgIpc) is 2.38. The van der Waals surface area contributed by atoms with Crippen LogP contribution in [0.2, 0.25) is 10.0 Å². The SMILES string of the molecule is COCCNCCNC(=O)Cc1cc(Cl)ccc1Cl. The number of rotatable bonds is 8. The number of amides is 1. The zero-order valence-electron chi connectivity index (χ0n) is 10.8. The predicted molar refractivity (Wildman–Crippen MR) is 77.9 cm³/mol. The van der Waals surface area contributed by atoms with Crippen molar-refractivity contribution in [3.8, 4) is 0 Å². The first-order valence-electron chi connectivity index (χ1n) is 6.03. The number of ether oxygens (including phenoxy) is 1. The van der Waals surface area contributed by atoms with Crippen molar-refractivity contribution in [2.75, 3.05) is 33.4 Å². The third-order valence-electron chi connectivity index (χ3n) is 2.47. The minimum absolute atomic E-state index is 0.0716. The molecule has 2 N–H and O–H groups in total. The van der Waals surface area contributed by atoms with E-state index in [1.54, 1.807) is 25.3 Å². The van der Waals surface area contributed by atoms with Gasteiger partial charge in [-0.1, -0.05) is 23.2 Å². The molecule has 0 heterocycles. The van der Waals surface area contributed by atoms with E-state index in [0.29, 0.717) is 29.7 Å². The lowest BCUT2D eigenvalue weighted by Crippen LogP contribution is -2.33. The van der Waals surface area contributed by atoms with Crippen LogP contribution in [0.4, 0.5) is 0 Å². The maximum Gasteiger partial charge on any atom is 0.224 e. The van der Waals surface area contributed by atoms with Crippen LogP contribution in [0.15, 0.2) is 18.2 Å². The van der Waals surface area contributed by atoms with Crippen molar-refractivity contribution >= 4 is 29.1 Å². The van der Waals surface area contributed by atoms with Gasteiger partial charge in [0.25, 0.3) is 0 Å². The van der Waals surface area contributed by atoms with E-state index >= 15 is 0 Å². The fourth-order valence-electron chi connectivity index (χ4n) is 1.50. The molecule has 4 nitrogen and oxygen atoms in total. The summed E-state index contributed by atoms with van der Waals surface area (Å²) in [7, 11) is 1.65. The topological polar surface area (TPSA) is 50.4 Å². The molecule has 1 amide bonds. The molecule has 6 heteroatoms. The summed E-state index contributed by atoms with van der Waals surface area (Å²) >= 11 is 11.9. The first kappa shape index (κ1) is 16.2. The summed E-state index contributed by atoms with van der Waals surface area (Å²) in [5.41, 5.74) is 0.735. The number of benzene rings is 1. The van der Waals surface area contributed by atoms with E-state index in [4.69, 9.17) is 27.9 Å². The van der Waals surface area contributed by atoms with Gasteiger partial charge in [0, 0.05) is 36.8 Å². The smallest absolute Gasteiger partial charge is 0.224 e. The van der Waals surface area contributed by atoms with Gasteiger partial charge in [-0.15, -0.1) is 0 Å². The molecule has 1 rings (SSSR count). The second-order valence-electron chi connectivity index (χ2n) is 4.01. The van der Waals surface area contributed by atoms with Gasteiger partial charge in [0.15, 0.2) is 0 Å². The third-order valence-corrected chi connectivity index (χ3v) is 3.07. The van der Waals surface area contributed by atoms with Crippen LogP contribution in [0.1, 0.15) is 5.56 Å². The standard InChI is InChI=1S/C13H18Cl2N2O2/c1-19-7-6-16-4-5-17-13(18)9-10-8-11(14)2-3-12(10)15/h2-3,8,16H,4-7,9H2,1H3,(H,17,18). The Balaban J connectivity index is 2.25. The molecule has 0 aliphatic rings. The van der Waals surface area contributed by atoms with E-state index in [1.165, 1.54) is 0 Å². The highest BCUT2D eigenvalue weighted by Gasteiger charge is 2.07. The van der Waals surface area contributed by atoms with Crippen molar-refractivity contribution in [2.24, 2.45) is 0 Å². The van der Waals surface area contributed by atoms with Crippen molar-refractivity contribution in [1.82, 2.24) is 10.6 Å². The molecule has 19 heavy (non-hydrogen) atoms. The van der Waals surface area contributed by atoms with E-state index in [0.717, 1.165) is 12.1 Å². The van der Waals surface area contributed by atoms with E-state index in [2.05, 4.69) is 10.6 Å². The van der Waals surface area contributed by atoms with Crippen molar-refractivity contribution in [2.45, 2.75) is 6.42 Å². The lowest BCUT2D eigenvalue weighted by atomic mass is 10.1. The molecule has 0 atom stereocenters. The summed E-state index contributed by atoms with van der Waals surface area (Å²) in [5, 5.41) is 7.08. The highest BCUT2D eigenvalue weighted by Crippen LogP contribution is 2.20. The van der Waals surface area contributed by atoms with Gasteiger partial charge in [-0.05, 0) is 23.8 Å². The Morgan fingerprint density at radius 3 is 2.79 bits per heavy atom. The summed E-state index contributed by atoms with van der Waals surface area (Å²) in [4.78, 5) is 11.7. The van der Waals surface area contributed by atoms with Gasteiger partial charge in [0.2, 0.25) is 5.91 Å². The summed E-state index contributed by atoms with van der Waals surface area (Å²) in [5.74, 6) is -0.0716. The van der Waals surface area contributed by atoms with Gasteiger partial charge in [-0.3, -0.25) is 4.79 Å². The monoisotopic (exact) mass is 304 g/mol. The second-order valence-corrected chi connectivity index (χ2v) is 4.85. The molecule has 1 aromatic rings. The van der Waals surface area contributed by atoms with E-state index in [-0.39, 0.29) is 12.3 Å². The fourth-order valence-corrected chi connectivity index (χ4v) is 1.88. The molecule has 0 fully saturated rings. The van der Waals surface area contributed by atoms with Gasteiger partial charge in [0.05, 0.1) is 13.0 Å². The van der Waals surface area contributed by atoms with Crippen LogP contribution in [0.25, 0.3) is 0 Å². The minimum atomic E-state index is -0.0716. The molecule has 106 valence electrons. The van der Waals surface area contributed by atoms with Crippen LogP contribution in [0.5, 0.6) is 0 Å². The Hall–Kier alpha value is -0.810. The summed E-state index contributed by atoms with van der Waals surface area (Å²) in [6.45, 7) is 2.71. The van der Waals surface area contributed by atoms with Crippen LogP contribution >= 0.6 is 23.2 Å². The number of carbonyl (C=O) groups excluding carboxylic acids is 1. The second kappa shape index (κ2) is 9.15. The predicted octanol–water partition coefficient (Wildman–Crippen LogP) is 1.89. The number of halogens is 2. The Morgan fingerprint density at radius 1 is 1.26 bits per heavy atom. The molecule has 1 aromatic carbocycles. The maximum absolute atomic E-state index is 11.7. The molecule has 0 radical (unpaired) electrons. The molecule has 0 spiro atoms. The molecule has 0 aliphatic carbocycles. The van der Waals surface area contributed by atoms with Gasteiger partial charge in [-0.2, -0.15) is 0 Å². The average molecular weight is 305 g/mol. The lowest BCUT2D eigenvalue weighted by Gasteiger charge is -2.08. The highest BCUT2D eigenvalue weighted by molar-refractivity contribution is 6.33. The molecule has 0 unspecified atom stereocenters. The maximum atomic E-state index is 11.7. The largest absolute Gasteiger partial charge is 0.383 e. The first-order valence-corrected chi connectivity index (χ1v) is 6.79. The number of hydrogen-bond donors (Lipinski definition) is 2. The lowest BCUT2D eigenvalue weighted by molar-refractivity contribution is -0.120. The van der Waals surface area contributed by atoms with Crippen LogP contribution in [-0.4, -0.2) is 39.3 Å². The quantitative estimate of drug-likeness (QED) is 0.721. The zero-order chi connectivity index (χ0) is 14.1. The van der Waals surface area contributed by atoms with Gasteiger partial charge >= 0.3 is 0 Å². The third kappa shape index (κ3) is 6.78. The van der Waals surface area contributed by atoms with Crippen LogP contribution in [0, 0.1) is 0 Å². The summed E-state index contributed by atoms with van der Waals surface area (Å²) in [6.07, 6.45) is 0.234. The molecule has 0 aromatic heterocycles. The van der Waals surface area contributed by atoms with Crippen molar-refractivity contribution in [3.63, 3.8) is 0 Å². The van der Waals surface area contributed by atoms with Crippen LogP contribution in [-0.2, 0) is 16.0 Å². The first-order chi connectivity index (χ1) is 9.13. The zero-order valence-corrected chi connectivity index (χ0v) is 12.4. The Bertz CT molecular complexity index is 414. The molecule has 0 saturated carbocycles. The molecule has 0 bridgehead atoms. The Kier molecular flexibility index (Phi) is 7.82. The van der Waals surface area contributed by atoms with Crippen LogP contribution in [0.3, 0.4) is 0 Å². The summed E-state index contributed by atoms with van der Waals surface area (Å²) in [6, 6.07) is 5.10. The number of hydrogen-bond acceptors (Lipinski definition) is 3. The normalized spacial score (nSPS) is 10.5. The number of methoxy groups -OCH3 is 1. The minimum Gasteiger partial charge on any atom is -0.383 e. The van der Waals surface area contributed by atoms with E-state index in [1.807, 2.05) is 0 Å². The van der Waals surface area contributed by atoms with E-state index in [9.17, 15) is 4.79 Å². The van der Waals surface area contributed by atoms with Crippen molar-refractivity contribution < 1.29 is 9.53 Å². The van der Waals surface area contributed by atoms with Gasteiger partial charge in [0.1, 0.15) is 0 Å². The van der Waals surface area contributed by atoms with Crippen LogP contribution < -0.4 is 10.6 Å². The van der Waals surface area contributed by atoms with Gasteiger partial charge < -0.3 is 15.4 Å². The molecule has 0 saturated heterocycles. The number of carbonyl (C=O) groups is 1.